The molecule has 2 heterocycles. The summed E-state index contributed by atoms with van der Waals surface area (Å²) in [6.07, 6.45) is 0. The number of aromatic nitrogens is 1. The Balaban J connectivity index is 1.49. The average molecular weight is 571 g/mol. The van der Waals surface area contributed by atoms with Crippen LogP contribution in [0.25, 0.3) is 10.6 Å². The molecule has 5 rings (SSSR count). The smallest absolute Gasteiger partial charge is 0.337 e. The molecule has 0 saturated heterocycles. The SMILES string of the molecule is CC1=C(C(=O)OCc2ccccc2)C(c2csc(-c3ccc(Cl)cc3)n2)C(C(=O)OCc2ccccc2)=C(C)N1. The second-order valence-electron chi connectivity index (χ2n) is 9.34. The lowest BCUT2D eigenvalue weighted by molar-refractivity contribution is -0.141. The van der Waals surface area contributed by atoms with E-state index in [2.05, 4.69) is 5.32 Å². The molecule has 0 radical (unpaired) electrons. The molecule has 4 aromatic rings. The molecule has 3 aromatic carbocycles. The monoisotopic (exact) mass is 570 g/mol. The van der Waals surface area contributed by atoms with Crippen LogP contribution >= 0.6 is 22.9 Å². The van der Waals surface area contributed by atoms with Crippen molar-refractivity contribution in [3.05, 3.63) is 135 Å². The first-order valence-electron chi connectivity index (χ1n) is 12.7. The summed E-state index contributed by atoms with van der Waals surface area (Å²) < 4.78 is 11.5. The van der Waals surface area contributed by atoms with E-state index < -0.39 is 17.9 Å². The van der Waals surface area contributed by atoms with Gasteiger partial charge < -0.3 is 14.8 Å². The van der Waals surface area contributed by atoms with Crippen molar-refractivity contribution in [1.29, 1.82) is 0 Å². The zero-order valence-electron chi connectivity index (χ0n) is 22.0. The maximum atomic E-state index is 13.6. The van der Waals surface area contributed by atoms with Gasteiger partial charge in [-0.1, -0.05) is 84.4 Å². The minimum absolute atomic E-state index is 0.104. The molecular formula is C32H27ClN2O4S. The van der Waals surface area contributed by atoms with Crippen LogP contribution in [0.4, 0.5) is 0 Å². The standard InChI is InChI=1S/C32H27ClN2O4S/c1-20-27(31(36)38-17-22-9-5-3-6-10-22)29(26-19-40-30(35-26)24-13-15-25(33)16-14-24)28(21(2)34-20)32(37)39-18-23-11-7-4-8-12-23/h3-16,19,29,34H,17-18H2,1-2H3. The molecule has 0 unspecified atom stereocenters. The summed E-state index contributed by atoms with van der Waals surface area (Å²) in [5.41, 5.74) is 5.01. The Bertz CT molecular complexity index is 1500. The number of rotatable bonds is 8. The van der Waals surface area contributed by atoms with Crippen molar-refractivity contribution in [2.24, 2.45) is 0 Å². The summed E-state index contributed by atoms with van der Waals surface area (Å²) in [6, 6.07) is 26.3. The molecule has 0 bridgehead atoms. The number of nitrogens with zero attached hydrogens (tertiary/aromatic N) is 1. The number of thiazole rings is 1. The van der Waals surface area contributed by atoms with Crippen molar-refractivity contribution in [3.63, 3.8) is 0 Å². The fourth-order valence-corrected chi connectivity index (χ4v) is 5.55. The van der Waals surface area contributed by atoms with E-state index in [4.69, 9.17) is 26.1 Å². The van der Waals surface area contributed by atoms with Crippen molar-refractivity contribution in [2.45, 2.75) is 33.0 Å². The summed E-state index contributed by atoms with van der Waals surface area (Å²) in [7, 11) is 0. The average Bonchev–Trinajstić information content (AvgIpc) is 3.46. The zero-order chi connectivity index (χ0) is 28.1. The van der Waals surface area contributed by atoms with Gasteiger partial charge in [0.1, 0.15) is 18.2 Å². The summed E-state index contributed by atoms with van der Waals surface area (Å²) in [5, 5.41) is 6.44. The largest absolute Gasteiger partial charge is 0.457 e. The lowest BCUT2D eigenvalue weighted by Crippen LogP contribution is -2.32. The first-order valence-corrected chi connectivity index (χ1v) is 14.0. The summed E-state index contributed by atoms with van der Waals surface area (Å²) >= 11 is 7.50. The van der Waals surface area contributed by atoms with Gasteiger partial charge in [-0.2, -0.15) is 0 Å². The number of allylic oxidation sites excluding steroid dienone is 2. The summed E-state index contributed by atoms with van der Waals surface area (Å²) in [5.74, 6) is -1.83. The predicted molar refractivity (Wildman–Crippen MR) is 156 cm³/mol. The number of esters is 2. The van der Waals surface area contributed by atoms with Crippen molar-refractivity contribution in [3.8, 4) is 10.6 Å². The molecule has 0 aliphatic carbocycles. The van der Waals surface area contributed by atoms with Gasteiger partial charge in [-0.25, -0.2) is 14.6 Å². The molecule has 1 aliphatic rings. The molecule has 0 fully saturated rings. The van der Waals surface area contributed by atoms with Crippen LogP contribution in [-0.4, -0.2) is 16.9 Å². The molecule has 40 heavy (non-hydrogen) atoms. The molecule has 0 spiro atoms. The van der Waals surface area contributed by atoms with E-state index in [0.29, 0.717) is 33.3 Å². The van der Waals surface area contributed by atoms with Crippen LogP contribution < -0.4 is 5.32 Å². The number of halogens is 1. The molecule has 6 nitrogen and oxygen atoms in total. The van der Waals surface area contributed by atoms with Crippen molar-refractivity contribution in [2.75, 3.05) is 0 Å². The Morgan fingerprint density at radius 2 is 1.30 bits per heavy atom. The van der Waals surface area contributed by atoms with Gasteiger partial charge in [-0.15, -0.1) is 11.3 Å². The normalized spacial score (nSPS) is 13.7. The number of benzene rings is 3. The molecule has 0 amide bonds. The Kier molecular flexibility index (Phi) is 8.43. The van der Waals surface area contributed by atoms with Crippen LogP contribution in [0.3, 0.4) is 0 Å². The third-order valence-electron chi connectivity index (χ3n) is 6.53. The van der Waals surface area contributed by atoms with Gasteiger partial charge in [0, 0.05) is 27.4 Å². The number of nitrogens with one attached hydrogen (secondary N) is 1. The molecule has 0 saturated carbocycles. The Morgan fingerprint density at radius 1 is 0.800 bits per heavy atom. The number of carbonyl (C=O) groups is 2. The highest BCUT2D eigenvalue weighted by Crippen LogP contribution is 2.41. The van der Waals surface area contributed by atoms with Crippen LogP contribution in [0, 0.1) is 0 Å². The molecule has 1 N–H and O–H groups in total. The summed E-state index contributed by atoms with van der Waals surface area (Å²) in [4.78, 5) is 32.1. The number of hydrogen-bond donors (Lipinski definition) is 1. The van der Waals surface area contributed by atoms with Crippen LogP contribution in [0.1, 0.15) is 36.6 Å². The lowest BCUT2D eigenvalue weighted by Gasteiger charge is -2.29. The topological polar surface area (TPSA) is 77.5 Å². The minimum atomic E-state index is -0.773. The second-order valence-corrected chi connectivity index (χ2v) is 10.6. The van der Waals surface area contributed by atoms with Crippen molar-refractivity contribution >= 4 is 34.9 Å². The van der Waals surface area contributed by atoms with E-state index in [-0.39, 0.29) is 13.2 Å². The van der Waals surface area contributed by atoms with Crippen molar-refractivity contribution < 1.29 is 19.1 Å². The van der Waals surface area contributed by atoms with E-state index in [1.54, 1.807) is 26.0 Å². The molecule has 202 valence electrons. The van der Waals surface area contributed by atoms with Crippen LogP contribution in [0.5, 0.6) is 0 Å². The van der Waals surface area contributed by atoms with Gasteiger partial charge in [-0.05, 0) is 37.1 Å². The predicted octanol–water partition coefficient (Wildman–Crippen LogP) is 7.19. The van der Waals surface area contributed by atoms with E-state index in [1.807, 2.05) is 78.2 Å². The van der Waals surface area contributed by atoms with Gasteiger partial charge in [0.2, 0.25) is 0 Å². The lowest BCUT2D eigenvalue weighted by atomic mass is 9.83. The third-order valence-corrected chi connectivity index (χ3v) is 7.70. The Hall–Kier alpha value is -4.20. The van der Waals surface area contributed by atoms with E-state index in [9.17, 15) is 9.59 Å². The quantitative estimate of drug-likeness (QED) is 0.226. The maximum Gasteiger partial charge on any atom is 0.337 e. The van der Waals surface area contributed by atoms with E-state index in [0.717, 1.165) is 21.7 Å². The Labute approximate surface area is 241 Å². The maximum absolute atomic E-state index is 13.6. The fourth-order valence-electron chi connectivity index (χ4n) is 4.58. The number of dihydropyridines is 1. The van der Waals surface area contributed by atoms with E-state index >= 15 is 0 Å². The molecule has 0 atom stereocenters. The fraction of sp³-hybridized carbons (Fsp3) is 0.156. The highest BCUT2D eigenvalue weighted by atomic mass is 35.5. The zero-order valence-corrected chi connectivity index (χ0v) is 23.6. The number of carbonyl (C=O) groups excluding carboxylic acids is 2. The third kappa shape index (κ3) is 6.17. The minimum Gasteiger partial charge on any atom is -0.457 e. The second kappa shape index (κ2) is 12.3. The first-order chi connectivity index (χ1) is 19.4. The molecular weight excluding hydrogens is 544 g/mol. The van der Waals surface area contributed by atoms with Gasteiger partial charge in [-0.3, -0.25) is 0 Å². The van der Waals surface area contributed by atoms with Crippen LogP contribution in [0.15, 0.2) is 113 Å². The first kappa shape index (κ1) is 27.4. The molecule has 1 aromatic heterocycles. The highest BCUT2D eigenvalue weighted by Gasteiger charge is 2.39. The summed E-state index contributed by atoms with van der Waals surface area (Å²) in [6.45, 7) is 3.81. The van der Waals surface area contributed by atoms with Gasteiger partial charge in [0.15, 0.2) is 0 Å². The molecule has 1 aliphatic heterocycles. The van der Waals surface area contributed by atoms with E-state index in [1.165, 1.54) is 11.3 Å². The van der Waals surface area contributed by atoms with Gasteiger partial charge in [0.25, 0.3) is 0 Å². The van der Waals surface area contributed by atoms with Crippen molar-refractivity contribution in [1.82, 2.24) is 10.3 Å². The van der Waals surface area contributed by atoms with Crippen LogP contribution in [-0.2, 0) is 32.3 Å². The Morgan fingerprint density at radius 3 is 1.80 bits per heavy atom. The molecule has 8 heteroatoms. The van der Waals surface area contributed by atoms with Gasteiger partial charge >= 0.3 is 11.9 Å². The number of hydrogen-bond acceptors (Lipinski definition) is 7. The van der Waals surface area contributed by atoms with Crippen LogP contribution in [0.2, 0.25) is 5.02 Å². The van der Waals surface area contributed by atoms with Gasteiger partial charge in [0.05, 0.1) is 22.8 Å². The number of ether oxygens (including phenoxy) is 2. The highest BCUT2D eigenvalue weighted by molar-refractivity contribution is 7.13.